The van der Waals surface area contributed by atoms with Crippen molar-refractivity contribution in [2.45, 2.75) is 50.9 Å². The highest BCUT2D eigenvalue weighted by atomic mass is 16.7. The third-order valence-corrected chi connectivity index (χ3v) is 5.10. The highest BCUT2D eigenvalue weighted by Gasteiger charge is 2.60. The Kier molecular flexibility index (Phi) is 3.68. The van der Waals surface area contributed by atoms with Gasteiger partial charge in [-0.3, -0.25) is 0 Å². The second-order valence-electron chi connectivity index (χ2n) is 6.04. The minimum Gasteiger partial charge on any atom is -0.388 e. The third-order valence-electron chi connectivity index (χ3n) is 5.10. The molecule has 102 valence electrons. The minimum absolute atomic E-state index is 0.330. The zero-order chi connectivity index (χ0) is 13.4. The quantitative estimate of drug-likeness (QED) is 0.762. The second-order valence-corrected chi connectivity index (χ2v) is 6.04. The van der Waals surface area contributed by atoms with E-state index in [1.54, 1.807) is 21.1 Å². The summed E-state index contributed by atoms with van der Waals surface area (Å²) in [4.78, 5) is 0. The Morgan fingerprint density at radius 2 is 2.11 bits per heavy atom. The third kappa shape index (κ3) is 1.95. The van der Waals surface area contributed by atoms with Gasteiger partial charge in [0.25, 0.3) is 0 Å². The first-order chi connectivity index (χ1) is 8.49. The Balaban J connectivity index is 2.19. The van der Waals surface area contributed by atoms with Gasteiger partial charge in [-0.25, -0.2) is 0 Å². The standard InChI is InChI=1S/C14H23NO3/c1-13(16,8-12(17-2)18-3)14(9-15)7-10-4-5-11(14)6-10/h10-12,16H,4-8H2,1-3H3. The van der Waals surface area contributed by atoms with Crippen LogP contribution in [0.15, 0.2) is 0 Å². The Morgan fingerprint density at radius 1 is 1.44 bits per heavy atom. The fourth-order valence-corrected chi connectivity index (χ4v) is 4.02. The van der Waals surface area contributed by atoms with Crippen LogP contribution < -0.4 is 0 Å². The molecule has 0 aromatic carbocycles. The van der Waals surface area contributed by atoms with Crippen LogP contribution in [0.5, 0.6) is 0 Å². The number of methoxy groups -OCH3 is 2. The molecule has 2 bridgehead atoms. The largest absolute Gasteiger partial charge is 0.388 e. The summed E-state index contributed by atoms with van der Waals surface area (Å²) in [6, 6.07) is 2.44. The van der Waals surface area contributed by atoms with Crippen LogP contribution in [0.3, 0.4) is 0 Å². The van der Waals surface area contributed by atoms with Crippen molar-refractivity contribution in [1.29, 1.82) is 5.26 Å². The number of nitriles is 1. The normalized spacial score (nSPS) is 37.8. The molecule has 4 atom stereocenters. The molecule has 0 radical (unpaired) electrons. The zero-order valence-corrected chi connectivity index (χ0v) is 11.5. The van der Waals surface area contributed by atoms with Crippen molar-refractivity contribution >= 4 is 0 Å². The number of hydrogen-bond donors (Lipinski definition) is 1. The van der Waals surface area contributed by atoms with E-state index in [0.29, 0.717) is 18.3 Å². The zero-order valence-electron chi connectivity index (χ0n) is 11.5. The van der Waals surface area contributed by atoms with Crippen molar-refractivity contribution in [3.05, 3.63) is 0 Å². The molecule has 4 nitrogen and oxygen atoms in total. The van der Waals surface area contributed by atoms with Gasteiger partial charge in [0.2, 0.25) is 0 Å². The maximum Gasteiger partial charge on any atom is 0.159 e. The van der Waals surface area contributed by atoms with Gasteiger partial charge in [-0.1, -0.05) is 6.42 Å². The Bertz CT molecular complexity index is 345. The summed E-state index contributed by atoms with van der Waals surface area (Å²) in [6.07, 6.45) is 4.08. The molecule has 4 unspecified atom stereocenters. The van der Waals surface area contributed by atoms with Crippen molar-refractivity contribution in [2.75, 3.05) is 14.2 Å². The van der Waals surface area contributed by atoms with Gasteiger partial charge in [0.1, 0.15) is 0 Å². The van der Waals surface area contributed by atoms with Crippen molar-refractivity contribution in [3.63, 3.8) is 0 Å². The lowest BCUT2D eigenvalue weighted by atomic mass is 9.62. The van der Waals surface area contributed by atoms with Crippen molar-refractivity contribution in [2.24, 2.45) is 17.3 Å². The summed E-state index contributed by atoms with van der Waals surface area (Å²) >= 11 is 0. The van der Waals surface area contributed by atoms with Crippen LogP contribution >= 0.6 is 0 Å². The van der Waals surface area contributed by atoms with E-state index in [1.807, 2.05) is 0 Å². The van der Waals surface area contributed by atoms with E-state index in [4.69, 9.17) is 9.47 Å². The van der Waals surface area contributed by atoms with Crippen molar-refractivity contribution in [3.8, 4) is 6.07 Å². The number of hydrogen-bond acceptors (Lipinski definition) is 4. The van der Waals surface area contributed by atoms with Crippen LogP contribution in [-0.2, 0) is 9.47 Å². The summed E-state index contributed by atoms with van der Waals surface area (Å²) in [5, 5.41) is 20.5. The lowest BCUT2D eigenvalue weighted by Gasteiger charge is -2.44. The van der Waals surface area contributed by atoms with Gasteiger partial charge in [-0.05, 0) is 38.0 Å². The Labute approximate surface area is 109 Å². The summed E-state index contributed by atoms with van der Waals surface area (Å²) in [7, 11) is 3.12. The molecular weight excluding hydrogens is 230 g/mol. The van der Waals surface area contributed by atoms with Gasteiger partial charge in [-0.2, -0.15) is 5.26 Å². The first kappa shape index (κ1) is 13.8. The van der Waals surface area contributed by atoms with Crippen LogP contribution in [0.1, 0.15) is 39.0 Å². The molecule has 0 spiro atoms. The fraction of sp³-hybridized carbons (Fsp3) is 0.929. The van der Waals surface area contributed by atoms with Crippen molar-refractivity contribution < 1.29 is 14.6 Å². The van der Waals surface area contributed by atoms with E-state index in [1.165, 1.54) is 6.42 Å². The molecule has 2 saturated carbocycles. The van der Waals surface area contributed by atoms with E-state index < -0.39 is 17.3 Å². The maximum atomic E-state index is 10.8. The SMILES string of the molecule is COC(CC(C)(O)C1(C#N)CC2CCC1C2)OC. The molecule has 0 heterocycles. The molecule has 0 aromatic heterocycles. The van der Waals surface area contributed by atoms with Gasteiger partial charge in [0.05, 0.1) is 17.1 Å². The van der Waals surface area contributed by atoms with Gasteiger partial charge in [0, 0.05) is 20.6 Å². The number of ether oxygens (including phenoxy) is 2. The summed E-state index contributed by atoms with van der Waals surface area (Å²) < 4.78 is 10.3. The lowest BCUT2D eigenvalue weighted by molar-refractivity contribution is -0.169. The molecule has 2 rings (SSSR count). The number of rotatable bonds is 5. The topological polar surface area (TPSA) is 62.5 Å². The monoisotopic (exact) mass is 253 g/mol. The summed E-state index contributed by atoms with van der Waals surface area (Å²) in [5.41, 5.74) is -1.68. The molecule has 0 aliphatic heterocycles. The highest BCUT2D eigenvalue weighted by molar-refractivity contribution is 5.19. The van der Waals surface area contributed by atoms with Crippen molar-refractivity contribution in [1.82, 2.24) is 0 Å². The van der Waals surface area contributed by atoms with Crippen LogP contribution in [0, 0.1) is 28.6 Å². The van der Waals surface area contributed by atoms with Crippen LogP contribution in [0.4, 0.5) is 0 Å². The summed E-state index contributed by atoms with van der Waals surface area (Å²) in [5.74, 6) is 0.946. The molecule has 4 heteroatoms. The predicted octanol–water partition coefficient (Wildman–Crippen LogP) is 2.08. The van der Waals surface area contributed by atoms with E-state index >= 15 is 0 Å². The number of aliphatic hydroxyl groups is 1. The molecule has 2 aliphatic rings. The second kappa shape index (κ2) is 4.80. The smallest absolute Gasteiger partial charge is 0.159 e. The molecule has 0 saturated heterocycles. The molecule has 0 amide bonds. The number of fused-ring (bicyclic) bond motifs is 2. The average molecular weight is 253 g/mol. The molecule has 1 N–H and O–H groups in total. The molecule has 0 aromatic rings. The van der Waals surface area contributed by atoms with Gasteiger partial charge in [0.15, 0.2) is 6.29 Å². The predicted molar refractivity (Wildman–Crippen MR) is 66.5 cm³/mol. The first-order valence-corrected chi connectivity index (χ1v) is 6.68. The summed E-state index contributed by atoms with van der Waals surface area (Å²) in [6.45, 7) is 1.77. The van der Waals surface area contributed by atoms with Gasteiger partial charge >= 0.3 is 0 Å². The highest BCUT2D eigenvalue weighted by Crippen LogP contribution is 2.61. The molecule has 2 aliphatic carbocycles. The van der Waals surface area contributed by atoms with Crippen LogP contribution in [0.2, 0.25) is 0 Å². The van der Waals surface area contributed by atoms with E-state index in [2.05, 4.69) is 6.07 Å². The van der Waals surface area contributed by atoms with Gasteiger partial charge < -0.3 is 14.6 Å². The Morgan fingerprint density at radius 3 is 2.50 bits per heavy atom. The van der Waals surface area contributed by atoms with E-state index in [-0.39, 0.29) is 0 Å². The average Bonchev–Trinajstić information content (AvgIpc) is 2.96. The molecule has 2 fully saturated rings. The number of nitrogens with zero attached hydrogens (tertiary/aromatic N) is 1. The molecular formula is C14H23NO3. The van der Waals surface area contributed by atoms with Crippen LogP contribution in [0.25, 0.3) is 0 Å². The van der Waals surface area contributed by atoms with Crippen LogP contribution in [-0.4, -0.2) is 31.2 Å². The molecule has 18 heavy (non-hydrogen) atoms. The lowest BCUT2D eigenvalue weighted by Crippen LogP contribution is -2.50. The fourth-order valence-electron chi connectivity index (χ4n) is 4.02. The Hall–Kier alpha value is -0.630. The minimum atomic E-state index is -1.06. The maximum absolute atomic E-state index is 10.8. The van der Waals surface area contributed by atoms with E-state index in [0.717, 1.165) is 19.3 Å². The van der Waals surface area contributed by atoms with Gasteiger partial charge in [-0.15, -0.1) is 0 Å². The van der Waals surface area contributed by atoms with E-state index in [9.17, 15) is 10.4 Å². The first-order valence-electron chi connectivity index (χ1n) is 6.68.